The minimum atomic E-state index is 0.200. The second-order valence-electron chi connectivity index (χ2n) is 4.86. The first-order chi connectivity index (χ1) is 8.76. The van der Waals surface area contributed by atoms with Crippen molar-refractivity contribution >= 4 is 15.9 Å². The molecule has 3 heteroatoms. The quantitative estimate of drug-likeness (QED) is 0.907. The average Bonchev–Trinajstić information content (AvgIpc) is 2.43. The summed E-state index contributed by atoms with van der Waals surface area (Å²) in [5.41, 5.74) is 2.69. The van der Waals surface area contributed by atoms with E-state index in [0.717, 1.165) is 19.7 Å². The molecule has 1 heterocycles. The van der Waals surface area contributed by atoms with E-state index in [0.29, 0.717) is 5.92 Å². The molecule has 1 aliphatic heterocycles. The summed E-state index contributed by atoms with van der Waals surface area (Å²) in [5, 5.41) is 3.37. The monoisotopic (exact) mass is 311 g/mol. The van der Waals surface area contributed by atoms with Crippen LogP contribution in [0.25, 0.3) is 0 Å². The molecule has 1 aliphatic rings. The number of ether oxygens (including phenoxy) is 1. The lowest BCUT2D eigenvalue weighted by atomic mass is 9.92. The molecule has 0 amide bonds. The minimum absolute atomic E-state index is 0.200. The molecule has 0 saturated carbocycles. The Bertz CT molecular complexity index is 384. The molecule has 2 rings (SSSR count). The van der Waals surface area contributed by atoms with Gasteiger partial charge in [0.05, 0.1) is 12.7 Å². The molecule has 0 radical (unpaired) electrons. The van der Waals surface area contributed by atoms with Crippen LogP contribution in [0.3, 0.4) is 0 Å². The van der Waals surface area contributed by atoms with Gasteiger partial charge in [-0.05, 0) is 36.0 Å². The van der Waals surface area contributed by atoms with E-state index in [1.54, 1.807) is 0 Å². The Morgan fingerprint density at radius 2 is 2.17 bits per heavy atom. The van der Waals surface area contributed by atoms with Crippen molar-refractivity contribution in [3.05, 3.63) is 33.8 Å². The number of hydrogen-bond donors (Lipinski definition) is 1. The number of morpholine rings is 1. The fourth-order valence-electron chi connectivity index (χ4n) is 2.58. The summed E-state index contributed by atoms with van der Waals surface area (Å²) in [6, 6.07) is 6.70. The molecule has 0 aliphatic carbocycles. The molecule has 0 aromatic heterocycles. The number of rotatable bonds is 4. The molecular formula is C15H22BrNO. The van der Waals surface area contributed by atoms with E-state index in [4.69, 9.17) is 4.74 Å². The second-order valence-corrected chi connectivity index (χ2v) is 5.71. The Labute approximate surface area is 118 Å². The molecule has 1 N–H and O–H groups in total. The first-order valence-electron chi connectivity index (χ1n) is 6.87. The molecule has 1 saturated heterocycles. The van der Waals surface area contributed by atoms with Gasteiger partial charge in [-0.3, -0.25) is 0 Å². The Hall–Kier alpha value is -0.380. The predicted octanol–water partition coefficient (Wildman–Crippen LogP) is 4.01. The van der Waals surface area contributed by atoms with Gasteiger partial charge < -0.3 is 10.1 Å². The van der Waals surface area contributed by atoms with Crippen LogP contribution in [0.2, 0.25) is 0 Å². The predicted molar refractivity (Wildman–Crippen MR) is 79.0 cm³/mol. The second kappa shape index (κ2) is 6.69. The highest BCUT2D eigenvalue weighted by atomic mass is 79.9. The van der Waals surface area contributed by atoms with Crippen molar-refractivity contribution in [1.29, 1.82) is 0 Å². The van der Waals surface area contributed by atoms with Crippen LogP contribution in [0.4, 0.5) is 0 Å². The molecule has 0 bridgehead atoms. The maximum Gasteiger partial charge on any atom is 0.0950 e. The van der Waals surface area contributed by atoms with Gasteiger partial charge in [-0.25, -0.2) is 0 Å². The Morgan fingerprint density at radius 1 is 1.39 bits per heavy atom. The van der Waals surface area contributed by atoms with Gasteiger partial charge in [0, 0.05) is 17.6 Å². The SMILES string of the molecule is CCC(CC)c1ccc(C2CNCCO2)cc1Br. The summed E-state index contributed by atoms with van der Waals surface area (Å²) in [6.07, 6.45) is 2.58. The van der Waals surface area contributed by atoms with Gasteiger partial charge in [-0.1, -0.05) is 41.9 Å². The van der Waals surface area contributed by atoms with E-state index in [1.165, 1.54) is 28.4 Å². The molecule has 1 unspecified atom stereocenters. The number of nitrogens with one attached hydrogen (secondary N) is 1. The summed E-state index contributed by atoms with van der Waals surface area (Å²) in [5.74, 6) is 0.652. The van der Waals surface area contributed by atoms with Crippen molar-refractivity contribution in [2.24, 2.45) is 0 Å². The molecule has 1 fully saturated rings. The van der Waals surface area contributed by atoms with Crippen LogP contribution in [0, 0.1) is 0 Å². The summed E-state index contributed by atoms with van der Waals surface area (Å²) >= 11 is 3.72. The van der Waals surface area contributed by atoms with Gasteiger partial charge in [-0.2, -0.15) is 0 Å². The van der Waals surface area contributed by atoms with E-state index in [2.05, 4.69) is 53.3 Å². The molecule has 0 spiro atoms. The Balaban J connectivity index is 2.18. The summed E-state index contributed by atoms with van der Waals surface area (Å²) in [6.45, 7) is 7.18. The molecule has 2 nitrogen and oxygen atoms in total. The average molecular weight is 312 g/mol. The maximum atomic E-state index is 5.79. The number of halogens is 1. The highest BCUT2D eigenvalue weighted by Crippen LogP contribution is 2.32. The lowest BCUT2D eigenvalue weighted by Gasteiger charge is -2.25. The zero-order valence-electron chi connectivity index (χ0n) is 11.2. The van der Waals surface area contributed by atoms with Crippen molar-refractivity contribution in [1.82, 2.24) is 5.32 Å². The zero-order chi connectivity index (χ0) is 13.0. The Morgan fingerprint density at radius 3 is 2.72 bits per heavy atom. The van der Waals surface area contributed by atoms with E-state index >= 15 is 0 Å². The molecule has 18 heavy (non-hydrogen) atoms. The van der Waals surface area contributed by atoms with E-state index in [-0.39, 0.29) is 6.10 Å². The maximum absolute atomic E-state index is 5.79. The van der Waals surface area contributed by atoms with Crippen LogP contribution in [-0.2, 0) is 4.74 Å². The number of hydrogen-bond acceptors (Lipinski definition) is 2. The highest BCUT2D eigenvalue weighted by Gasteiger charge is 2.18. The summed E-state index contributed by atoms with van der Waals surface area (Å²) < 4.78 is 7.01. The van der Waals surface area contributed by atoms with Crippen molar-refractivity contribution in [2.75, 3.05) is 19.7 Å². The van der Waals surface area contributed by atoms with Crippen molar-refractivity contribution < 1.29 is 4.74 Å². The van der Waals surface area contributed by atoms with Gasteiger partial charge in [0.1, 0.15) is 0 Å². The third-order valence-corrected chi connectivity index (χ3v) is 4.44. The van der Waals surface area contributed by atoms with Crippen LogP contribution in [0.5, 0.6) is 0 Å². The number of benzene rings is 1. The summed E-state index contributed by atoms with van der Waals surface area (Å²) in [7, 11) is 0. The highest BCUT2D eigenvalue weighted by molar-refractivity contribution is 9.10. The zero-order valence-corrected chi connectivity index (χ0v) is 12.8. The van der Waals surface area contributed by atoms with Gasteiger partial charge >= 0.3 is 0 Å². The third kappa shape index (κ3) is 3.14. The third-order valence-electron chi connectivity index (χ3n) is 3.75. The fourth-order valence-corrected chi connectivity index (χ4v) is 3.30. The van der Waals surface area contributed by atoms with Crippen LogP contribution >= 0.6 is 15.9 Å². The van der Waals surface area contributed by atoms with Crippen LogP contribution in [0.1, 0.15) is 49.8 Å². The van der Waals surface area contributed by atoms with Crippen molar-refractivity contribution in [3.8, 4) is 0 Å². The van der Waals surface area contributed by atoms with Gasteiger partial charge in [0.15, 0.2) is 0 Å². The van der Waals surface area contributed by atoms with E-state index in [1.807, 2.05) is 0 Å². The molecule has 1 aromatic carbocycles. The fraction of sp³-hybridized carbons (Fsp3) is 0.600. The first kappa shape index (κ1) is 14.0. The van der Waals surface area contributed by atoms with Crippen molar-refractivity contribution in [2.45, 2.75) is 38.7 Å². The van der Waals surface area contributed by atoms with Crippen LogP contribution in [-0.4, -0.2) is 19.7 Å². The van der Waals surface area contributed by atoms with Gasteiger partial charge in [0.2, 0.25) is 0 Å². The smallest absolute Gasteiger partial charge is 0.0950 e. The van der Waals surface area contributed by atoms with Crippen LogP contribution < -0.4 is 5.32 Å². The normalized spacial score (nSPS) is 20.3. The topological polar surface area (TPSA) is 21.3 Å². The minimum Gasteiger partial charge on any atom is -0.371 e. The standard InChI is InChI=1S/C15H22BrNO/c1-3-11(4-2)13-6-5-12(9-14(13)16)15-10-17-7-8-18-15/h5-6,9,11,15,17H,3-4,7-8,10H2,1-2H3. The molecule has 1 aromatic rings. The molecular weight excluding hydrogens is 290 g/mol. The van der Waals surface area contributed by atoms with E-state index in [9.17, 15) is 0 Å². The van der Waals surface area contributed by atoms with Crippen LogP contribution in [0.15, 0.2) is 22.7 Å². The van der Waals surface area contributed by atoms with Gasteiger partial charge in [-0.15, -0.1) is 0 Å². The van der Waals surface area contributed by atoms with Crippen molar-refractivity contribution in [3.63, 3.8) is 0 Å². The van der Waals surface area contributed by atoms with E-state index < -0.39 is 0 Å². The molecule has 1 atom stereocenters. The first-order valence-corrected chi connectivity index (χ1v) is 7.67. The largest absolute Gasteiger partial charge is 0.371 e. The summed E-state index contributed by atoms with van der Waals surface area (Å²) in [4.78, 5) is 0. The lowest BCUT2D eigenvalue weighted by molar-refractivity contribution is 0.0276. The molecule has 100 valence electrons. The Kier molecular flexibility index (Phi) is 5.22. The lowest BCUT2D eigenvalue weighted by Crippen LogP contribution is -2.33. The van der Waals surface area contributed by atoms with Gasteiger partial charge in [0.25, 0.3) is 0 Å².